The van der Waals surface area contributed by atoms with E-state index in [0.717, 1.165) is 28.0 Å². The molecule has 11 heteroatoms. The van der Waals surface area contributed by atoms with Crippen LogP contribution in [0.1, 0.15) is 17.0 Å². The molecule has 3 heterocycles. The first-order valence-electron chi connectivity index (χ1n) is 15.0. The smallest absolute Gasteiger partial charge is 0.282 e. The number of aromatic nitrogens is 3. The Hall–Kier alpha value is -6.00. The molecule has 7 rings (SSSR count). The second-order valence-corrected chi connectivity index (χ2v) is 11.5. The minimum atomic E-state index is -0.438. The number of carbonyl (C=O) groups is 1. The fraction of sp³-hybridized carbons (Fsp3) is 0.0811. The van der Waals surface area contributed by atoms with Crippen molar-refractivity contribution < 1.29 is 18.3 Å². The molecule has 238 valence electrons. The second kappa shape index (κ2) is 12.7. The van der Waals surface area contributed by atoms with Crippen molar-refractivity contribution in [3.8, 4) is 23.0 Å². The first-order chi connectivity index (χ1) is 23.2. The summed E-state index contributed by atoms with van der Waals surface area (Å²) in [6, 6.07) is 29.1. The molecule has 1 amide bonds. The van der Waals surface area contributed by atoms with E-state index in [4.69, 9.17) is 25.7 Å². The van der Waals surface area contributed by atoms with Gasteiger partial charge in [-0.05, 0) is 98.8 Å². The van der Waals surface area contributed by atoms with Crippen LogP contribution in [0.5, 0.6) is 5.75 Å². The Morgan fingerprint density at radius 2 is 1.81 bits per heavy atom. The van der Waals surface area contributed by atoms with Crippen LogP contribution in [0.15, 0.2) is 117 Å². The molecule has 48 heavy (non-hydrogen) atoms. The Morgan fingerprint density at radius 3 is 2.62 bits per heavy atom. The number of carbonyl (C=O) groups excluding carboxylic acids is 1. The topological polar surface area (TPSA) is 104 Å². The maximum atomic E-state index is 13.7. The third-order valence-corrected chi connectivity index (χ3v) is 8.04. The minimum Gasteiger partial charge on any atom is -0.484 e. The number of hydrogen-bond donors (Lipinski definition) is 1. The van der Waals surface area contributed by atoms with E-state index in [-0.39, 0.29) is 18.0 Å². The highest BCUT2D eigenvalue weighted by Crippen LogP contribution is 2.29. The van der Waals surface area contributed by atoms with Crippen molar-refractivity contribution in [3.63, 3.8) is 0 Å². The number of nitrogens with zero attached hydrogens (tertiary/aromatic N) is 4. The molecule has 0 aliphatic rings. The van der Waals surface area contributed by atoms with E-state index in [1.54, 1.807) is 66.9 Å². The van der Waals surface area contributed by atoms with Gasteiger partial charge >= 0.3 is 0 Å². The Bertz CT molecular complexity index is 2430. The third kappa shape index (κ3) is 6.08. The Balaban J connectivity index is 1.15. The van der Waals surface area contributed by atoms with E-state index in [0.29, 0.717) is 38.7 Å². The van der Waals surface area contributed by atoms with Gasteiger partial charge in [0.15, 0.2) is 12.4 Å². The lowest BCUT2D eigenvalue weighted by Gasteiger charge is -2.12. The molecule has 0 saturated heterocycles. The van der Waals surface area contributed by atoms with Gasteiger partial charge in [-0.3, -0.25) is 9.59 Å². The maximum absolute atomic E-state index is 13.7. The average molecular weight is 660 g/mol. The minimum absolute atomic E-state index is 0.231. The number of halogens is 2. The average Bonchev–Trinajstić information content (AvgIpc) is 3.62. The highest BCUT2D eigenvalue weighted by atomic mass is 35.5. The van der Waals surface area contributed by atoms with Crippen LogP contribution in [0.2, 0.25) is 5.02 Å². The summed E-state index contributed by atoms with van der Waals surface area (Å²) in [6.07, 6.45) is 1.63. The van der Waals surface area contributed by atoms with Crippen LogP contribution in [0.25, 0.3) is 39.1 Å². The van der Waals surface area contributed by atoms with Gasteiger partial charge in [0.25, 0.3) is 11.5 Å². The van der Waals surface area contributed by atoms with Crippen molar-refractivity contribution in [1.82, 2.24) is 14.2 Å². The van der Waals surface area contributed by atoms with Gasteiger partial charge in [-0.25, -0.2) is 9.37 Å². The summed E-state index contributed by atoms with van der Waals surface area (Å²) >= 11 is 6.19. The van der Waals surface area contributed by atoms with E-state index < -0.39 is 11.7 Å². The molecular weight excluding hydrogens is 633 g/mol. The van der Waals surface area contributed by atoms with Crippen molar-refractivity contribution in [2.75, 3.05) is 11.9 Å². The van der Waals surface area contributed by atoms with E-state index in [1.807, 2.05) is 42.7 Å². The zero-order valence-corrected chi connectivity index (χ0v) is 26.5. The number of anilines is 1. The number of para-hydroxylation sites is 1. The molecule has 1 N–H and O–H groups in total. The Labute approximate surface area is 278 Å². The number of benzene rings is 4. The number of amides is 1. The van der Waals surface area contributed by atoms with E-state index in [2.05, 4.69) is 10.4 Å². The van der Waals surface area contributed by atoms with Crippen LogP contribution in [0.3, 0.4) is 0 Å². The number of furan rings is 1. The van der Waals surface area contributed by atoms with Gasteiger partial charge in [0.1, 0.15) is 17.1 Å². The van der Waals surface area contributed by atoms with Gasteiger partial charge in [0.05, 0.1) is 17.1 Å². The van der Waals surface area contributed by atoms with E-state index >= 15 is 0 Å². The predicted octanol–water partition coefficient (Wildman–Crippen LogP) is 7.91. The molecule has 7 aromatic rings. The number of ether oxygens (including phenoxy) is 1. The summed E-state index contributed by atoms with van der Waals surface area (Å²) in [4.78, 5) is 30.7. The summed E-state index contributed by atoms with van der Waals surface area (Å²) < 4.78 is 28.4. The summed E-state index contributed by atoms with van der Waals surface area (Å²) in [7, 11) is 0. The molecule has 0 saturated carbocycles. The van der Waals surface area contributed by atoms with Crippen molar-refractivity contribution in [2.24, 2.45) is 5.10 Å². The van der Waals surface area contributed by atoms with Crippen molar-refractivity contribution in [1.29, 1.82) is 0 Å². The van der Waals surface area contributed by atoms with Crippen LogP contribution >= 0.6 is 11.6 Å². The summed E-state index contributed by atoms with van der Waals surface area (Å²) in [5.41, 5.74) is 4.65. The summed E-state index contributed by atoms with van der Waals surface area (Å²) in [6.45, 7) is 3.70. The quantitative estimate of drug-likeness (QED) is 0.167. The number of hydrogen-bond acceptors (Lipinski definition) is 6. The fourth-order valence-electron chi connectivity index (χ4n) is 5.55. The lowest BCUT2D eigenvalue weighted by Crippen LogP contribution is -2.20. The normalized spacial score (nSPS) is 11.5. The van der Waals surface area contributed by atoms with Gasteiger partial charge in [0, 0.05) is 38.7 Å². The van der Waals surface area contributed by atoms with Crippen LogP contribution in [-0.4, -0.2) is 33.0 Å². The molecular formula is C37H27ClFN5O4. The Morgan fingerprint density at radius 1 is 1.00 bits per heavy atom. The highest BCUT2D eigenvalue weighted by molar-refractivity contribution is 6.31. The van der Waals surface area contributed by atoms with Crippen LogP contribution in [0.4, 0.5) is 10.1 Å². The van der Waals surface area contributed by atoms with Crippen molar-refractivity contribution in [2.45, 2.75) is 13.8 Å². The number of nitrogens with one attached hydrogen (secondary N) is 1. The SMILES string of the molecule is Cc1cc(C=Nn2c(-c3cc4cc(Cl)ccc4o3)nc3ccccc3c2=O)c(C)n1-c1ccc(OCC(=O)Nc2cccc(F)c2)cc1. The fourth-order valence-corrected chi connectivity index (χ4v) is 5.73. The molecule has 0 fully saturated rings. The number of aryl methyl sites for hydroxylation is 1. The standard InChI is InChI=1S/C37H27ClFN5O4/c1-22-16-25(23(2)43(22)29-11-13-30(14-12-29)47-21-35(45)41-28-7-5-6-27(39)19-28)20-40-44-36(42-32-9-4-3-8-31(32)37(44)46)34-18-24-17-26(38)10-15-33(24)48-34/h3-20H,21H2,1-2H3,(H,41,45). The summed E-state index contributed by atoms with van der Waals surface area (Å²) in [5.74, 6) is 0.301. The van der Waals surface area contributed by atoms with Gasteiger partial charge in [-0.2, -0.15) is 9.78 Å². The zero-order chi connectivity index (χ0) is 33.4. The largest absolute Gasteiger partial charge is 0.484 e. The summed E-state index contributed by atoms with van der Waals surface area (Å²) in [5, 5.41) is 9.01. The van der Waals surface area contributed by atoms with Crippen LogP contribution in [0, 0.1) is 19.7 Å². The van der Waals surface area contributed by atoms with Crippen molar-refractivity contribution in [3.05, 3.63) is 141 Å². The molecule has 0 bridgehead atoms. The first-order valence-corrected chi connectivity index (χ1v) is 15.3. The van der Waals surface area contributed by atoms with Gasteiger partial charge in [-0.15, -0.1) is 0 Å². The molecule has 9 nitrogen and oxygen atoms in total. The molecule has 4 aromatic carbocycles. The predicted molar refractivity (Wildman–Crippen MR) is 185 cm³/mol. The van der Waals surface area contributed by atoms with Gasteiger partial charge in [-0.1, -0.05) is 29.8 Å². The zero-order valence-electron chi connectivity index (χ0n) is 25.8. The van der Waals surface area contributed by atoms with Crippen molar-refractivity contribution >= 4 is 51.3 Å². The molecule has 0 spiro atoms. The first kappa shape index (κ1) is 30.6. The van der Waals surface area contributed by atoms with Gasteiger partial charge in [0.2, 0.25) is 5.82 Å². The molecule has 0 aliphatic heterocycles. The number of fused-ring (bicyclic) bond motifs is 2. The van der Waals surface area contributed by atoms with E-state index in [9.17, 15) is 14.0 Å². The second-order valence-electron chi connectivity index (χ2n) is 11.1. The molecule has 0 radical (unpaired) electrons. The van der Waals surface area contributed by atoms with E-state index in [1.165, 1.54) is 22.9 Å². The maximum Gasteiger partial charge on any atom is 0.282 e. The molecule has 0 aliphatic carbocycles. The Kier molecular flexibility index (Phi) is 8.08. The monoisotopic (exact) mass is 659 g/mol. The van der Waals surface area contributed by atoms with Crippen LogP contribution in [-0.2, 0) is 4.79 Å². The van der Waals surface area contributed by atoms with Gasteiger partial charge < -0.3 is 19.0 Å². The highest BCUT2D eigenvalue weighted by Gasteiger charge is 2.17. The van der Waals surface area contributed by atoms with Crippen LogP contribution < -0.4 is 15.6 Å². The molecule has 0 atom stereocenters. The lowest BCUT2D eigenvalue weighted by atomic mass is 10.2. The lowest BCUT2D eigenvalue weighted by molar-refractivity contribution is -0.118. The third-order valence-electron chi connectivity index (χ3n) is 7.81. The number of rotatable bonds is 8. The molecule has 0 unspecified atom stereocenters. The molecule has 3 aromatic heterocycles.